The molecule has 0 bridgehead atoms. The highest BCUT2D eigenvalue weighted by atomic mass is 19.1. The van der Waals surface area contributed by atoms with Crippen LogP contribution in [0.5, 0.6) is 0 Å². The normalized spacial score (nSPS) is 15.4. The van der Waals surface area contributed by atoms with E-state index in [9.17, 15) is 18.7 Å². The Morgan fingerprint density at radius 2 is 1.80 bits per heavy atom. The fourth-order valence-electron chi connectivity index (χ4n) is 3.30. The first-order chi connectivity index (χ1) is 12.0. The van der Waals surface area contributed by atoms with Crippen molar-refractivity contribution in [3.63, 3.8) is 0 Å². The number of amides is 1. The van der Waals surface area contributed by atoms with Gasteiger partial charge in [-0.15, -0.1) is 0 Å². The molecule has 1 heterocycles. The number of aliphatic hydroxyl groups is 1. The average molecular weight is 345 g/mol. The number of likely N-dealkylation sites (tertiary alicyclic amines) is 1. The molecule has 0 unspecified atom stereocenters. The number of nitrogens with zero attached hydrogens (tertiary/aromatic N) is 1. The highest BCUT2D eigenvalue weighted by molar-refractivity contribution is 5.95. The summed E-state index contributed by atoms with van der Waals surface area (Å²) >= 11 is 0. The molecule has 25 heavy (non-hydrogen) atoms. The maximum Gasteiger partial charge on any atom is 0.253 e. The molecule has 1 fully saturated rings. The fourth-order valence-corrected chi connectivity index (χ4v) is 3.30. The number of rotatable bonds is 3. The number of halogens is 2. The van der Waals surface area contributed by atoms with Gasteiger partial charge in [-0.2, -0.15) is 0 Å². The molecule has 0 spiro atoms. The molecule has 0 atom stereocenters. The first kappa shape index (κ1) is 17.5. The van der Waals surface area contributed by atoms with Crippen LogP contribution >= 0.6 is 0 Å². The zero-order valence-electron chi connectivity index (χ0n) is 14.1. The van der Waals surface area contributed by atoms with Crippen molar-refractivity contribution < 1.29 is 18.7 Å². The average Bonchev–Trinajstić information content (AvgIpc) is 2.62. The minimum Gasteiger partial charge on any atom is -0.396 e. The van der Waals surface area contributed by atoms with Gasteiger partial charge in [-0.05, 0) is 61.1 Å². The number of carbonyl (C=O) groups is 1. The van der Waals surface area contributed by atoms with Crippen LogP contribution < -0.4 is 0 Å². The van der Waals surface area contributed by atoms with E-state index in [1.807, 2.05) is 0 Å². The molecule has 1 N–H and O–H groups in total. The molecule has 3 rings (SSSR count). The van der Waals surface area contributed by atoms with Crippen LogP contribution in [-0.4, -0.2) is 35.6 Å². The smallest absolute Gasteiger partial charge is 0.253 e. The first-order valence-corrected chi connectivity index (χ1v) is 8.46. The number of hydrogen-bond donors (Lipinski definition) is 1. The SMILES string of the molecule is Cc1cc(F)ccc1-c1ccc(C(=O)N2CCC(CO)CC2)cc1F. The standard InChI is InChI=1S/C20H21F2NO2/c1-13-10-16(21)3-5-17(13)18-4-2-15(11-19(18)22)20(25)23-8-6-14(12-24)7-9-23/h2-5,10-11,14,24H,6-9,12H2,1H3. The second-order valence-electron chi connectivity index (χ2n) is 6.57. The zero-order valence-corrected chi connectivity index (χ0v) is 14.1. The van der Waals surface area contributed by atoms with Crippen molar-refractivity contribution in [3.05, 3.63) is 59.2 Å². The lowest BCUT2D eigenvalue weighted by Crippen LogP contribution is -2.39. The third-order valence-electron chi connectivity index (χ3n) is 4.85. The van der Waals surface area contributed by atoms with Crippen LogP contribution in [0.1, 0.15) is 28.8 Å². The maximum atomic E-state index is 14.6. The van der Waals surface area contributed by atoms with Gasteiger partial charge in [0.05, 0.1) is 0 Å². The Morgan fingerprint density at radius 3 is 2.40 bits per heavy atom. The van der Waals surface area contributed by atoms with Gasteiger partial charge in [-0.25, -0.2) is 8.78 Å². The van der Waals surface area contributed by atoms with Crippen LogP contribution in [0.3, 0.4) is 0 Å². The van der Waals surface area contributed by atoms with E-state index < -0.39 is 5.82 Å². The summed E-state index contributed by atoms with van der Waals surface area (Å²) < 4.78 is 27.8. The van der Waals surface area contributed by atoms with E-state index in [1.54, 1.807) is 30.0 Å². The summed E-state index contributed by atoms with van der Waals surface area (Å²) in [5, 5.41) is 9.17. The van der Waals surface area contributed by atoms with Crippen molar-refractivity contribution in [2.45, 2.75) is 19.8 Å². The Morgan fingerprint density at radius 1 is 1.12 bits per heavy atom. The molecule has 5 heteroatoms. The van der Waals surface area contributed by atoms with Crippen LogP contribution in [0.15, 0.2) is 36.4 Å². The Balaban J connectivity index is 1.81. The number of carbonyl (C=O) groups excluding carboxylic acids is 1. The molecule has 0 aliphatic carbocycles. The van der Waals surface area contributed by atoms with Crippen molar-refractivity contribution in [1.29, 1.82) is 0 Å². The number of benzene rings is 2. The third-order valence-corrected chi connectivity index (χ3v) is 4.85. The van der Waals surface area contributed by atoms with E-state index >= 15 is 0 Å². The molecule has 3 nitrogen and oxygen atoms in total. The van der Waals surface area contributed by atoms with E-state index in [1.165, 1.54) is 18.2 Å². The van der Waals surface area contributed by atoms with Gasteiger partial charge in [0.2, 0.25) is 0 Å². The predicted octanol–water partition coefficient (Wildman–Crippen LogP) is 3.78. The second-order valence-corrected chi connectivity index (χ2v) is 6.57. The van der Waals surface area contributed by atoms with E-state index in [2.05, 4.69) is 0 Å². The van der Waals surface area contributed by atoms with Gasteiger partial charge in [0.15, 0.2) is 0 Å². The number of aryl methyl sites for hydroxylation is 1. The molecular formula is C20H21F2NO2. The Hall–Kier alpha value is -2.27. The quantitative estimate of drug-likeness (QED) is 0.920. The monoisotopic (exact) mass is 345 g/mol. The minimum atomic E-state index is -0.495. The summed E-state index contributed by atoms with van der Waals surface area (Å²) in [5.41, 5.74) is 1.92. The predicted molar refractivity (Wildman–Crippen MR) is 92.2 cm³/mol. The van der Waals surface area contributed by atoms with Crippen LogP contribution in [0.2, 0.25) is 0 Å². The van der Waals surface area contributed by atoms with E-state index in [0.717, 1.165) is 12.8 Å². The lowest BCUT2D eigenvalue weighted by atomic mass is 9.96. The topological polar surface area (TPSA) is 40.5 Å². The fraction of sp³-hybridized carbons (Fsp3) is 0.350. The first-order valence-electron chi connectivity index (χ1n) is 8.46. The van der Waals surface area contributed by atoms with Crippen molar-refractivity contribution in [2.75, 3.05) is 19.7 Å². The van der Waals surface area contributed by atoms with Crippen LogP contribution in [0.4, 0.5) is 8.78 Å². The lowest BCUT2D eigenvalue weighted by Gasteiger charge is -2.31. The molecule has 1 amide bonds. The summed E-state index contributed by atoms with van der Waals surface area (Å²) in [5.74, 6) is -0.812. The largest absolute Gasteiger partial charge is 0.396 e. The summed E-state index contributed by atoms with van der Waals surface area (Å²) in [6.07, 6.45) is 1.52. The highest BCUT2D eigenvalue weighted by Gasteiger charge is 2.24. The van der Waals surface area contributed by atoms with Gasteiger partial charge >= 0.3 is 0 Å². The van der Waals surface area contributed by atoms with E-state index in [4.69, 9.17) is 0 Å². The number of aliphatic hydroxyl groups excluding tert-OH is 1. The molecular weight excluding hydrogens is 324 g/mol. The Labute approximate surface area is 145 Å². The van der Waals surface area contributed by atoms with Gasteiger partial charge in [0.25, 0.3) is 5.91 Å². The third kappa shape index (κ3) is 3.71. The highest BCUT2D eigenvalue weighted by Crippen LogP contribution is 2.28. The van der Waals surface area contributed by atoms with Crippen LogP contribution in [0.25, 0.3) is 11.1 Å². The maximum absolute atomic E-state index is 14.6. The molecule has 1 saturated heterocycles. The van der Waals surface area contributed by atoms with Gasteiger partial charge in [0.1, 0.15) is 11.6 Å². The van der Waals surface area contributed by atoms with Crippen molar-refractivity contribution in [1.82, 2.24) is 4.90 Å². The van der Waals surface area contributed by atoms with Crippen LogP contribution in [0, 0.1) is 24.5 Å². The molecule has 0 radical (unpaired) electrons. The summed E-state index contributed by atoms with van der Waals surface area (Å²) in [4.78, 5) is 14.3. The van der Waals surface area contributed by atoms with Gasteiger partial charge in [0, 0.05) is 30.8 Å². The molecule has 1 aliphatic rings. The Bertz CT molecular complexity index is 783. The lowest BCUT2D eigenvalue weighted by molar-refractivity contribution is 0.0650. The summed E-state index contributed by atoms with van der Waals surface area (Å²) in [6, 6.07) is 8.64. The van der Waals surface area contributed by atoms with Crippen LogP contribution in [-0.2, 0) is 0 Å². The molecule has 132 valence electrons. The van der Waals surface area contributed by atoms with E-state index in [-0.39, 0.29) is 24.2 Å². The molecule has 2 aromatic rings. The Kier molecular flexibility index (Phi) is 5.13. The summed E-state index contributed by atoms with van der Waals surface area (Å²) in [6.45, 7) is 3.01. The number of hydrogen-bond acceptors (Lipinski definition) is 2. The van der Waals surface area contributed by atoms with Crippen molar-refractivity contribution >= 4 is 5.91 Å². The molecule has 0 saturated carbocycles. The van der Waals surface area contributed by atoms with Gasteiger partial charge < -0.3 is 10.0 Å². The van der Waals surface area contributed by atoms with Gasteiger partial charge in [-0.3, -0.25) is 4.79 Å². The zero-order chi connectivity index (χ0) is 18.0. The minimum absolute atomic E-state index is 0.141. The number of piperidine rings is 1. The molecule has 0 aromatic heterocycles. The second kappa shape index (κ2) is 7.31. The van der Waals surface area contributed by atoms with E-state index in [0.29, 0.717) is 35.3 Å². The molecule has 1 aliphatic heterocycles. The molecule has 2 aromatic carbocycles. The van der Waals surface area contributed by atoms with Crippen molar-refractivity contribution in [2.24, 2.45) is 5.92 Å². The van der Waals surface area contributed by atoms with Gasteiger partial charge in [-0.1, -0.05) is 12.1 Å². The van der Waals surface area contributed by atoms with Crippen molar-refractivity contribution in [3.8, 4) is 11.1 Å². The summed E-state index contributed by atoms with van der Waals surface area (Å²) in [7, 11) is 0.